The number of aromatic amines is 2. The lowest BCUT2D eigenvalue weighted by Gasteiger charge is -1.94. The SMILES string of the molecule is Cc1[nH]c(=O)cc2c1[nH]c1c(Br)cccc12. The van der Waals surface area contributed by atoms with Crippen LogP contribution in [0.3, 0.4) is 0 Å². The average molecular weight is 277 g/mol. The highest BCUT2D eigenvalue weighted by Crippen LogP contribution is 2.30. The Balaban J connectivity index is 2.66. The van der Waals surface area contributed by atoms with Crippen LogP contribution in [0.15, 0.2) is 33.5 Å². The van der Waals surface area contributed by atoms with Crippen molar-refractivity contribution in [3.8, 4) is 0 Å². The minimum absolute atomic E-state index is 0.0640. The van der Waals surface area contributed by atoms with E-state index in [-0.39, 0.29) is 5.56 Å². The fraction of sp³-hybridized carbons (Fsp3) is 0.0833. The van der Waals surface area contributed by atoms with E-state index in [1.807, 2.05) is 25.1 Å². The fourth-order valence-corrected chi connectivity index (χ4v) is 2.53. The van der Waals surface area contributed by atoms with E-state index in [4.69, 9.17) is 0 Å². The van der Waals surface area contributed by atoms with E-state index in [0.29, 0.717) is 0 Å². The summed E-state index contributed by atoms with van der Waals surface area (Å²) >= 11 is 3.50. The Hall–Kier alpha value is -1.55. The van der Waals surface area contributed by atoms with Crippen molar-refractivity contribution in [2.45, 2.75) is 6.92 Å². The maximum absolute atomic E-state index is 11.4. The number of nitrogens with one attached hydrogen (secondary N) is 2. The van der Waals surface area contributed by atoms with Gasteiger partial charge in [-0.05, 0) is 28.9 Å². The summed E-state index contributed by atoms with van der Waals surface area (Å²) in [6, 6.07) is 7.59. The summed E-state index contributed by atoms with van der Waals surface area (Å²) in [5, 5.41) is 2.04. The number of benzene rings is 1. The van der Waals surface area contributed by atoms with Crippen LogP contribution in [0.2, 0.25) is 0 Å². The Kier molecular flexibility index (Phi) is 1.94. The number of aromatic nitrogens is 2. The molecule has 4 heteroatoms. The van der Waals surface area contributed by atoms with Crippen LogP contribution in [-0.4, -0.2) is 9.97 Å². The summed E-state index contributed by atoms with van der Waals surface area (Å²) in [4.78, 5) is 17.6. The molecule has 0 bridgehead atoms. The van der Waals surface area contributed by atoms with E-state index >= 15 is 0 Å². The molecule has 0 fully saturated rings. The zero-order valence-electron chi connectivity index (χ0n) is 8.60. The largest absolute Gasteiger partial charge is 0.352 e. The Bertz CT molecular complexity index is 755. The molecule has 0 radical (unpaired) electrons. The topological polar surface area (TPSA) is 48.6 Å². The quantitative estimate of drug-likeness (QED) is 0.651. The van der Waals surface area contributed by atoms with E-state index in [9.17, 15) is 4.79 Å². The lowest BCUT2D eigenvalue weighted by molar-refractivity contribution is 1.16. The number of halogens is 1. The van der Waals surface area contributed by atoms with Crippen LogP contribution < -0.4 is 5.56 Å². The molecule has 0 saturated carbocycles. The summed E-state index contributed by atoms with van der Waals surface area (Å²) in [6.07, 6.45) is 0. The summed E-state index contributed by atoms with van der Waals surface area (Å²) < 4.78 is 1.01. The second-order valence-electron chi connectivity index (χ2n) is 3.83. The van der Waals surface area contributed by atoms with Crippen molar-refractivity contribution in [3.63, 3.8) is 0 Å². The van der Waals surface area contributed by atoms with Gasteiger partial charge in [-0.3, -0.25) is 4.79 Å². The molecule has 3 nitrogen and oxygen atoms in total. The molecule has 0 aliphatic heterocycles. The van der Waals surface area contributed by atoms with Crippen LogP contribution in [0.5, 0.6) is 0 Å². The molecule has 3 aromatic rings. The number of hydrogen-bond donors (Lipinski definition) is 2. The maximum atomic E-state index is 11.4. The molecular weight excluding hydrogens is 268 g/mol. The monoisotopic (exact) mass is 276 g/mol. The highest BCUT2D eigenvalue weighted by molar-refractivity contribution is 9.10. The Morgan fingerprint density at radius 3 is 2.75 bits per heavy atom. The van der Waals surface area contributed by atoms with Gasteiger partial charge < -0.3 is 9.97 Å². The maximum Gasteiger partial charge on any atom is 0.248 e. The van der Waals surface area contributed by atoms with Gasteiger partial charge in [0.2, 0.25) is 5.56 Å². The zero-order chi connectivity index (χ0) is 11.3. The Morgan fingerprint density at radius 2 is 1.94 bits per heavy atom. The predicted octanol–water partition coefficient (Wildman–Crippen LogP) is 3.08. The van der Waals surface area contributed by atoms with Crippen molar-refractivity contribution in [2.75, 3.05) is 0 Å². The molecule has 0 aliphatic carbocycles. The Labute approximate surface area is 99.6 Å². The predicted molar refractivity (Wildman–Crippen MR) is 68.9 cm³/mol. The van der Waals surface area contributed by atoms with Gasteiger partial charge in [-0.1, -0.05) is 12.1 Å². The molecule has 0 aliphatic rings. The summed E-state index contributed by atoms with van der Waals surface area (Å²) in [6.45, 7) is 1.90. The highest BCUT2D eigenvalue weighted by Gasteiger charge is 2.08. The van der Waals surface area contributed by atoms with Gasteiger partial charge in [-0.15, -0.1) is 0 Å². The van der Waals surface area contributed by atoms with Gasteiger partial charge in [0.15, 0.2) is 0 Å². The van der Waals surface area contributed by atoms with Crippen molar-refractivity contribution in [1.82, 2.24) is 9.97 Å². The third-order valence-corrected chi connectivity index (χ3v) is 3.45. The van der Waals surface area contributed by atoms with E-state index < -0.39 is 0 Å². The van der Waals surface area contributed by atoms with Crippen LogP contribution in [0, 0.1) is 6.92 Å². The molecule has 0 unspecified atom stereocenters. The number of H-pyrrole nitrogens is 2. The first kappa shape index (κ1) is 9.66. The fourth-order valence-electron chi connectivity index (χ4n) is 2.06. The molecule has 0 atom stereocenters. The standard InChI is InChI=1S/C12H9BrN2O/c1-6-11-8(5-10(16)14-6)7-3-2-4-9(13)12(7)15-11/h2-5,15H,1H3,(H,14,16). The molecule has 80 valence electrons. The number of hydrogen-bond acceptors (Lipinski definition) is 1. The molecule has 2 heterocycles. The van der Waals surface area contributed by atoms with Crippen molar-refractivity contribution < 1.29 is 0 Å². The van der Waals surface area contributed by atoms with Gasteiger partial charge in [0.25, 0.3) is 0 Å². The van der Waals surface area contributed by atoms with Crippen LogP contribution in [-0.2, 0) is 0 Å². The van der Waals surface area contributed by atoms with E-state index in [0.717, 1.165) is 32.0 Å². The van der Waals surface area contributed by atoms with Crippen molar-refractivity contribution in [3.05, 3.63) is 44.8 Å². The molecule has 0 spiro atoms. The van der Waals surface area contributed by atoms with Gasteiger partial charge in [0, 0.05) is 27.0 Å². The molecular formula is C12H9BrN2O. The second kappa shape index (κ2) is 3.22. The first-order valence-corrected chi connectivity index (χ1v) is 5.76. The second-order valence-corrected chi connectivity index (χ2v) is 4.69. The van der Waals surface area contributed by atoms with Crippen LogP contribution in [0.25, 0.3) is 21.8 Å². The third-order valence-electron chi connectivity index (χ3n) is 2.78. The lowest BCUT2D eigenvalue weighted by atomic mass is 10.2. The van der Waals surface area contributed by atoms with Gasteiger partial charge in [-0.2, -0.15) is 0 Å². The van der Waals surface area contributed by atoms with Crippen LogP contribution >= 0.6 is 15.9 Å². The highest BCUT2D eigenvalue weighted by atomic mass is 79.9. The van der Waals surface area contributed by atoms with E-state index in [1.54, 1.807) is 6.07 Å². The van der Waals surface area contributed by atoms with E-state index in [2.05, 4.69) is 25.9 Å². The number of para-hydroxylation sites is 1. The summed E-state index contributed by atoms with van der Waals surface area (Å²) in [5.41, 5.74) is 2.82. The first-order chi connectivity index (χ1) is 7.66. The minimum Gasteiger partial charge on any atom is -0.352 e. The molecule has 16 heavy (non-hydrogen) atoms. The smallest absolute Gasteiger partial charge is 0.248 e. The Morgan fingerprint density at radius 1 is 1.12 bits per heavy atom. The van der Waals surface area contributed by atoms with Gasteiger partial charge >= 0.3 is 0 Å². The number of aryl methyl sites for hydroxylation is 1. The number of fused-ring (bicyclic) bond motifs is 3. The normalized spacial score (nSPS) is 11.4. The first-order valence-electron chi connectivity index (χ1n) is 4.96. The van der Waals surface area contributed by atoms with Crippen molar-refractivity contribution in [1.29, 1.82) is 0 Å². The number of pyridine rings is 1. The summed E-state index contributed by atoms with van der Waals surface area (Å²) in [5.74, 6) is 0. The minimum atomic E-state index is -0.0640. The van der Waals surface area contributed by atoms with Crippen molar-refractivity contribution in [2.24, 2.45) is 0 Å². The van der Waals surface area contributed by atoms with Crippen LogP contribution in [0.1, 0.15) is 5.69 Å². The molecule has 2 N–H and O–H groups in total. The third kappa shape index (κ3) is 1.23. The van der Waals surface area contributed by atoms with Gasteiger partial charge in [-0.25, -0.2) is 0 Å². The molecule has 2 aromatic heterocycles. The summed E-state index contributed by atoms with van der Waals surface area (Å²) in [7, 11) is 0. The number of rotatable bonds is 0. The molecule has 0 amide bonds. The van der Waals surface area contributed by atoms with Crippen LogP contribution in [0.4, 0.5) is 0 Å². The molecule has 0 saturated heterocycles. The lowest BCUT2D eigenvalue weighted by Crippen LogP contribution is -2.04. The molecule has 1 aromatic carbocycles. The van der Waals surface area contributed by atoms with Crippen molar-refractivity contribution >= 4 is 37.7 Å². The van der Waals surface area contributed by atoms with Gasteiger partial charge in [0.1, 0.15) is 0 Å². The zero-order valence-corrected chi connectivity index (χ0v) is 10.2. The van der Waals surface area contributed by atoms with E-state index in [1.165, 1.54) is 0 Å². The average Bonchev–Trinajstić information content (AvgIpc) is 2.59. The van der Waals surface area contributed by atoms with Gasteiger partial charge in [0.05, 0.1) is 11.0 Å². The molecule has 3 rings (SSSR count).